The van der Waals surface area contributed by atoms with Gasteiger partial charge >= 0.3 is 0 Å². The van der Waals surface area contributed by atoms with Gasteiger partial charge < -0.3 is 4.74 Å². The molecule has 0 N–H and O–H groups in total. The van der Waals surface area contributed by atoms with E-state index in [0.717, 1.165) is 10.0 Å². The third-order valence-electron chi connectivity index (χ3n) is 2.16. The van der Waals surface area contributed by atoms with Gasteiger partial charge in [-0.1, -0.05) is 6.07 Å². The minimum absolute atomic E-state index is 0.529. The lowest BCUT2D eigenvalue weighted by Crippen LogP contribution is -1.89. The Bertz CT molecular complexity index is 573. The molecule has 0 atom stereocenters. The molecule has 84 valence electrons. The van der Waals surface area contributed by atoms with Gasteiger partial charge in [-0.25, -0.2) is 4.98 Å². The summed E-state index contributed by atoms with van der Waals surface area (Å²) >= 11 is 3.36. The molecule has 0 saturated carbocycles. The Morgan fingerprint density at radius 3 is 2.71 bits per heavy atom. The van der Waals surface area contributed by atoms with Crippen molar-refractivity contribution in [3.63, 3.8) is 0 Å². The van der Waals surface area contributed by atoms with Gasteiger partial charge in [0.2, 0.25) is 5.88 Å². The lowest BCUT2D eigenvalue weighted by Gasteiger charge is -2.06. The van der Waals surface area contributed by atoms with E-state index < -0.39 is 0 Å². The van der Waals surface area contributed by atoms with Crippen LogP contribution in [0.3, 0.4) is 0 Å². The van der Waals surface area contributed by atoms with Crippen molar-refractivity contribution < 1.29 is 4.74 Å². The van der Waals surface area contributed by atoms with Crippen LogP contribution in [0, 0.1) is 18.3 Å². The molecular weight excluding hydrogens is 280 g/mol. The number of nitrogens with zero attached hydrogens (tertiary/aromatic N) is 2. The van der Waals surface area contributed by atoms with Crippen LogP contribution in [0.25, 0.3) is 0 Å². The second kappa shape index (κ2) is 4.98. The Kier molecular flexibility index (Phi) is 3.40. The number of hydrogen-bond donors (Lipinski definition) is 0. The first kappa shape index (κ1) is 11.6. The maximum atomic E-state index is 8.75. The SMILES string of the molecule is Cc1ccc(Oc2ccc(C#N)cc2Br)nc1. The summed E-state index contributed by atoms with van der Waals surface area (Å²) in [5.41, 5.74) is 1.66. The van der Waals surface area contributed by atoms with Crippen LogP contribution in [0.15, 0.2) is 41.0 Å². The Hall–Kier alpha value is -1.86. The molecule has 3 nitrogen and oxygen atoms in total. The smallest absolute Gasteiger partial charge is 0.219 e. The highest BCUT2D eigenvalue weighted by atomic mass is 79.9. The van der Waals surface area contributed by atoms with E-state index in [0.29, 0.717) is 17.2 Å². The first-order valence-corrected chi connectivity index (χ1v) is 5.78. The maximum absolute atomic E-state index is 8.75. The predicted octanol–water partition coefficient (Wildman–Crippen LogP) is 3.82. The largest absolute Gasteiger partial charge is 0.438 e. The fourth-order valence-electron chi connectivity index (χ4n) is 1.28. The van der Waals surface area contributed by atoms with E-state index in [1.54, 1.807) is 30.5 Å². The molecule has 1 aromatic heterocycles. The average Bonchev–Trinajstić information content (AvgIpc) is 2.34. The molecule has 2 rings (SSSR count). The van der Waals surface area contributed by atoms with Gasteiger partial charge in [0.25, 0.3) is 0 Å². The van der Waals surface area contributed by atoms with Crippen LogP contribution < -0.4 is 4.74 Å². The molecule has 0 aliphatic rings. The number of benzene rings is 1. The Morgan fingerprint density at radius 1 is 1.29 bits per heavy atom. The van der Waals surface area contributed by atoms with Crippen LogP contribution in [0.2, 0.25) is 0 Å². The van der Waals surface area contributed by atoms with Crippen LogP contribution in [0.4, 0.5) is 0 Å². The van der Waals surface area contributed by atoms with Gasteiger partial charge in [-0.2, -0.15) is 5.26 Å². The summed E-state index contributed by atoms with van der Waals surface area (Å²) in [6.45, 7) is 1.97. The highest BCUT2D eigenvalue weighted by molar-refractivity contribution is 9.10. The van der Waals surface area contributed by atoms with E-state index >= 15 is 0 Å². The monoisotopic (exact) mass is 288 g/mol. The van der Waals surface area contributed by atoms with Crippen molar-refractivity contribution in [2.24, 2.45) is 0 Å². The summed E-state index contributed by atoms with van der Waals surface area (Å²) in [4.78, 5) is 4.15. The number of rotatable bonds is 2. The van der Waals surface area contributed by atoms with Crippen molar-refractivity contribution in [2.75, 3.05) is 0 Å². The molecule has 0 aliphatic carbocycles. The topological polar surface area (TPSA) is 45.9 Å². The quantitative estimate of drug-likeness (QED) is 0.844. The van der Waals surface area contributed by atoms with E-state index in [1.165, 1.54) is 0 Å². The molecular formula is C13H9BrN2O. The molecule has 0 amide bonds. The highest BCUT2D eigenvalue weighted by Crippen LogP contribution is 2.29. The van der Waals surface area contributed by atoms with Crippen LogP contribution in [0.5, 0.6) is 11.6 Å². The molecule has 1 heterocycles. The van der Waals surface area contributed by atoms with Crippen LogP contribution >= 0.6 is 15.9 Å². The van der Waals surface area contributed by atoms with E-state index in [2.05, 4.69) is 27.0 Å². The van der Waals surface area contributed by atoms with Gasteiger partial charge in [-0.05, 0) is 46.6 Å². The Morgan fingerprint density at radius 2 is 2.12 bits per heavy atom. The summed E-state index contributed by atoms with van der Waals surface area (Å²) in [5, 5.41) is 8.75. The number of ether oxygens (including phenoxy) is 1. The average molecular weight is 289 g/mol. The van der Waals surface area contributed by atoms with E-state index in [4.69, 9.17) is 10.00 Å². The normalized spacial score (nSPS) is 9.71. The van der Waals surface area contributed by atoms with Gasteiger partial charge in [0.1, 0.15) is 5.75 Å². The van der Waals surface area contributed by atoms with Crippen molar-refractivity contribution in [3.8, 4) is 17.7 Å². The summed E-state index contributed by atoms with van der Waals surface area (Å²) in [6, 6.07) is 11.0. The zero-order chi connectivity index (χ0) is 12.3. The van der Waals surface area contributed by atoms with Gasteiger partial charge in [-0.15, -0.1) is 0 Å². The standard InChI is InChI=1S/C13H9BrN2O/c1-9-2-5-13(16-8-9)17-12-4-3-10(7-15)6-11(12)14/h2-6,8H,1H3. The van der Waals surface area contributed by atoms with Gasteiger partial charge in [-0.3, -0.25) is 0 Å². The molecule has 17 heavy (non-hydrogen) atoms. The molecule has 0 unspecified atom stereocenters. The van der Waals surface area contributed by atoms with Gasteiger partial charge in [0.15, 0.2) is 0 Å². The molecule has 0 spiro atoms. The van der Waals surface area contributed by atoms with Crippen molar-refractivity contribution in [1.29, 1.82) is 5.26 Å². The third-order valence-corrected chi connectivity index (χ3v) is 2.78. The number of nitriles is 1. The minimum Gasteiger partial charge on any atom is -0.438 e. The number of aryl methyl sites for hydroxylation is 1. The van der Waals surface area contributed by atoms with E-state index in [-0.39, 0.29) is 0 Å². The van der Waals surface area contributed by atoms with Crippen molar-refractivity contribution in [1.82, 2.24) is 4.98 Å². The fraction of sp³-hybridized carbons (Fsp3) is 0.0769. The van der Waals surface area contributed by atoms with Gasteiger partial charge in [0.05, 0.1) is 16.1 Å². The van der Waals surface area contributed by atoms with Crippen molar-refractivity contribution in [2.45, 2.75) is 6.92 Å². The molecule has 0 fully saturated rings. The molecule has 4 heteroatoms. The number of aromatic nitrogens is 1. The summed E-state index contributed by atoms with van der Waals surface area (Å²) in [6.07, 6.45) is 1.74. The first-order chi connectivity index (χ1) is 8.19. The number of hydrogen-bond acceptors (Lipinski definition) is 3. The van der Waals surface area contributed by atoms with Crippen molar-refractivity contribution in [3.05, 3.63) is 52.1 Å². The van der Waals surface area contributed by atoms with E-state index in [9.17, 15) is 0 Å². The molecule has 1 aromatic carbocycles. The second-order valence-corrected chi connectivity index (χ2v) is 4.39. The van der Waals surface area contributed by atoms with Gasteiger partial charge in [0, 0.05) is 12.3 Å². The summed E-state index contributed by atoms with van der Waals surface area (Å²) in [5.74, 6) is 1.17. The first-order valence-electron chi connectivity index (χ1n) is 4.99. The molecule has 0 saturated heterocycles. The lowest BCUT2D eigenvalue weighted by atomic mass is 10.2. The zero-order valence-corrected chi connectivity index (χ0v) is 10.7. The number of pyridine rings is 1. The maximum Gasteiger partial charge on any atom is 0.219 e. The lowest BCUT2D eigenvalue weighted by molar-refractivity contribution is 0.460. The fourth-order valence-corrected chi connectivity index (χ4v) is 1.74. The van der Waals surface area contributed by atoms with Crippen LogP contribution in [-0.4, -0.2) is 4.98 Å². The second-order valence-electron chi connectivity index (χ2n) is 3.53. The Balaban J connectivity index is 2.25. The third kappa shape index (κ3) is 2.83. The van der Waals surface area contributed by atoms with E-state index in [1.807, 2.05) is 13.0 Å². The minimum atomic E-state index is 0.529. The van der Waals surface area contributed by atoms with Crippen LogP contribution in [-0.2, 0) is 0 Å². The molecule has 2 aromatic rings. The summed E-state index contributed by atoms with van der Waals surface area (Å²) < 4.78 is 6.33. The molecule has 0 bridgehead atoms. The molecule has 0 aliphatic heterocycles. The molecule has 0 radical (unpaired) electrons. The zero-order valence-electron chi connectivity index (χ0n) is 9.14. The Labute approximate surface area is 108 Å². The highest BCUT2D eigenvalue weighted by Gasteiger charge is 2.04. The summed E-state index contributed by atoms with van der Waals surface area (Å²) in [7, 11) is 0. The van der Waals surface area contributed by atoms with Crippen LogP contribution in [0.1, 0.15) is 11.1 Å². The number of halogens is 1. The predicted molar refractivity (Wildman–Crippen MR) is 67.9 cm³/mol. The van der Waals surface area contributed by atoms with Crippen molar-refractivity contribution >= 4 is 15.9 Å².